The van der Waals surface area contributed by atoms with Gasteiger partial charge in [-0.1, -0.05) is 34.6 Å². The fourth-order valence-electron chi connectivity index (χ4n) is 13.3. The second-order valence-electron chi connectivity index (χ2n) is 19.9. The third kappa shape index (κ3) is 6.44. The van der Waals surface area contributed by atoms with Gasteiger partial charge in [0.25, 0.3) is 0 Å². The fourth-order valence-corrected chi connectivity index (χ4v) is 13.3. The molecule has 3 N–H and O–H groups in total. The van der Waals surface area contributed by atoms with Crippen molar-refractivity contribution in [3.05, 3.63) is 0 Å². The van der Waals surface area contributed by atoms with Crippen molar-refractivity contribution in [2.24, 2.45) is 56.7 Å². The lowest BCUT2D eigenvalue weighted by Crippen LogP contribution is -2.67. The van der Waals surface area contributed by atoms with Gasteiger partial charge in [-0.25, -0.2) is 4.79 Å². The lowest BCUT2D eigenvalue weighted by atomic mass is 9.32. The first kappa shape index (κ1) is 38.3. The molecular formula is C41H70N2O7. The van der Waals surface area contributed by atoms with Crippen molar-refractivity contribution in [2.75, 3.05) is 46.1 Å². The Bertz CT molecular complexity index is 1260. The summed E-state index contributed by atoms with van der Waals surface area (Å²) >= 11 is 0. The van der Waals surface area contributed by atoms with Crippen molar-refractivity contribution in [2.45, 2.75) is 144 Å². The monoisotopic (exact) mass is 703 g/mol. The molecule has 6 aliphatic rings. The predicted octanol–water partition coefficient (Wildman–Crippen LogP) is 6.89. The van der Waals surface area contributed by atoms with E-state index in [1.807, 2.05) is 20.8 Å². The van der Waals surface area contributed by atoms with Gasteiger partial charge in [-0.15, -0.1) is 0 Å². The molecule has 2 amide bonds. The van der Waals surface area contributed by atoms with Crippen LogP contribution in [0, 0.1) is 56.7 Å². The first-order chi connectivity index (χ1) is 23.3. The number of carbonyl (C=O) groups is 2. The summed E-state index contributed by atoms with van der Waals surface area (Å²) in [5, 5.41) is 17.1. The van der Waals surface area contributed by atoms with E-state index in [1.165, 1.54) is 25.7 Å². The highest BCUT2D eigenvalue weighted by Gasteiger charge is 2.73. The maximum Gasteiger partial charge on any atom is 0.407 e. The van der Waals surface area contributed by atoms with Gasteiger partial charge in [-0.2, -0.15) is 0 Å². The van der Waals surface area contributed by atoms with Crippen molar-refractivity contribution in [1.82, 2.24) is 10.6 Å². The molecule has 0 aromatic rings. The zero-order chi connectivity index (χ0) is 36.4. The third-order valence-corrected chi connectivity index (χ3v) is 16.1. The van der Waals surface area contributed by atoms with E-state index in [-0.39, 0.29) is 44.7 Å². The van der Waals surface area contributed by atoms with Crippen LogP contribution in [0.2, 0.25) is 0 Å². The Morgan fingerprint density at radius 3 is 2.04 bits per heavy atom. The Labute approximate surface area is 302 Å². The molecule has 50 heavy (non-hydrogen) atoms. The van der Waals surface area contributed by atoms with Gasteiger partial charge in [0.1, 0.15) is 5.60 Å². The first-order valence-corrected chi connectivity index (χ1v) is 20.1. The number of amides is 2. The molecule has 0 spiro atoms. The molecular weight excluding hydrogens is 632 g/mol. The molecule has 1 aliphatic heterocycles. The normalized spacial score (nSPS) is 44.6. The summed E-state index contributed by atoms with van der Waals surface area (Å²) in [5.74, 6) is 2.71. The molecule has 0 aromatic carbocycles. The second kappa shape index (κ2) is 13.5. The van der Waals surface area contributed by atoms with Crippen LogP contribution in [-0.4, -0.2) is 80.5 Å². The quantitative estimate of drug-likeness (QED) is 0.159. The molecule has 0 radical (unpaired) electrons. The van der Waals surface area contributed by atoms with Gasteiger partial charge in [0.05, 0.1) is 50.2 Å². The highest BCUT2D eigenvalue weighted by Crippen LogP contribution is 2.78. The third-order valence-electron chi connectivity index (χ3n) is 16.1. The Morgan fingerprint density at radius 2 is 1.40 bits per heavy atom. The predicted molar refractivity (Wildman–Crippen MR) is 193 cm³/mol. The summed E-state index contributed by atoms with van der Waals surface area (Å²) in [5.41, 5.74) is -0.350. The topological polar surface area (TPSA) is 119 Å². The Kier molecular flexibility index (Phi) is 10.3. The van der Waals surface area contributed by atoms with E-state index in [4.69, 9.17) is 18.9 Å². The van der Waals surface area contributed by atoms with Crippen LogP contribution in [0.3, 0.4) is 0 Å². The van der Waals surface area contributed by atoms with Crippen molar-refractivity contribution >= 4 is 12.0 Å². The minimum atomic E-state index is -0.523. The van der Waals surface area contributed by atoms with Crippen molar-refractivity contribution in [1.29, 1.82) is 0 Å². The average molecular weight is 703 g/mol. The molecule has 9 heteroatoms. The Hall–Kier alpha value is -1.42. The molecule has 5 saturated carbocycles. The van der Waals surface area contributed by atoms with Gasteiger partial charge in [0.15, 0.2) is 0 Å². The standard InChI is InChI=1S/C41H70N2O7/c1-35(2,3)50-34(46)43-21-23-48-25-24-47-22-20-42-33(45)41-17-12-28(40(9)26-49-40)32(41)27-10-11-30-37(6)15-14-31(44)36(4,5)29(37)13-16-39(30,8)38(27,7)18-19-41/h27-32,44H,10-26H2,1-9H3,(H,42,45)(H,43,46)/t27?,28-,29+,30-,31-,32-,37+,38-,39-,40-,41+/m1/s1. The minimum Gasteiger partial charge on any atom is -0.444 e. The molecule has 1 saturated heterocycles. The van der Waals surface area contributed by atoms with Gasteiger partial charge in [0, 0.05) is 13.1 Å². The number of hydrogen-bond donors (Lipinski definition) is 3. The summed E-state index contributed by atoms with van der Waals surface area (Å²) in [7, 11) is 0. The van der Waals surface area contributed by atoms with E-state index in [9.17, 15) is 14.7 Å². The van der Waals surface area contributed by atoms with Crippen LogP contribution in [0.25, 0.3) is 0 Å². The van der Waals surface area contributed by atoms with E-state index in [0.717, 1.165) is 45.1 Å². The van der Waals surface area contributed by atoms with Crippen molar-refractivity contribution in [3.8, 4) is 0 Å². The minimum absolute atomic E-state index is 0.0439. The molecule has 6 rings (SSSR count). The van der Waals surface area contributed by atoms with E-state index in [0.29, 0.717) is 69.1 Å². The van der Waals surface area contributed by atoms with Gasteiger partial charge < -0.3 is 34.7 Å². The molecule has 9 nitrogen and oxygen atoms in total. The second-order valence-corrected chi connectivity index (χ2v) is 19.9. The highest BCUT2D eigenvalue weighted by atomic mass is 16.6. The SMILES string of the molecule is CC(C)(C)OC(=O)NCCOCCOCCNC(=O)[C@]12CC[C@@H]([C@@]3(C)CO3)[C@H]1C1CC[C@@H]3[C@@]4(C)CC[C@@H](O)C(C)(C)[C@@H]4CC[C@@]3(C)[C@]1(C)CC2. The van der Waals surface area contributed by atoms with Crippen LogP contribution in [0.4, 0.5) is 4.79 Å². The van der Waals surface area contributed by atoms with Gasteiger partial charge in [0.2, 0.25) is 5.91 Å². The maximum atomic E-state index is 14.4. The number of alkyl carbamates (subject to hydrolysis) is 1. The largest absolute Gasteiger partial charge is 0.444 e. The van der Waals surface area contributed by atoms with Crippen LogP contribution in [0.5, 0.6) is 0 Å². The van der Waals surface area contributed by atoms with Crippen LogP contribution in [0.1, 0.15) is 127 Å². The zero-order valence-electron chi connectivity index (χ0n) is 32.9. The first-order valence-electron chi connectivity index (χ1n) is 20.1. The molecule has 1 unspecified atom stereocenters. The summed E-state index contributed by atoms with van der Waals surface area (Å²) < 4.78 is 22.8. The van der Waals surface area contributed by atoms with E-state index >= 15 is 0 Å². The highest BCUT2D eigenvalue weighted by molar-refractivity contribution is 5.83. The summed E-state index contributed by atoms with van der Waals surface area (Å²) in [6.45, 7) is 23.7. The van der Waals surface area contributed by atoms with E-state index in [1.54, 1.807) is 0 Å². The Morgan fingerprint density at radius 1 is 0.740 bits per heavy atom. The van der Waals surface area contributed by atoms with Crippen LogP contribution in [-0.2, 0) is 23.7 Å². The number of carbonyl (C=O) groups excluding carboxylic acids is 2. The molecule has 11 atom stereocenters. The molecule has 1 heterocycles. The number of nitrogens with one attached hydrogen (secondary N) is 2. The smallest absolute Gasteiger partial charge is 0.407 e. The summed E-state index contributed by atoms with van der Waals surface area (Å²) in [6, 6.07) is 0. The van der Waals surface area contributed by atoms with Gasteiger partial charge >= 0.3 is 6.09 Å². The average Bonchev–Trinajstić information content (AvgIpc) is 3.64. The van der Waals surface area contributed by atoms with Crippen LogP contribution < -0.4 is 10.6 Å². The molecule has 0 aromatic heterocycles. The lowest BCUT2D eigenvalue weighted by molar-refractivity contribution is -0.248. The maximum absolute atomic E-state index is 14.4. The van der Waals surface area contributed by atoms with Crippen LogP contribution in [0.15, 0.2) is 0 Å². The van der Waals surface area contributed by atoms with E-state index < -0.39 is 11.7 Å². The van der Waals surface area contributed by atoms with E-state index in [2.05, 4.69) is 52.2 Å². The van der Waals surface area contributed by atoms with Crippen LogP contribution >= 0.6 is 0 Å². The number of rotatable bonds is 11. The number of ether oxygens (including phenoxy) is 4. The molecule has 6 fully saturated rings. The van der Waals surface area contributed by atoms with Gasteiger partial charge in [-0.3, -0.25) is 4.79 Å². The zero-order valence-corrected chi connectivity index (χ0v) is 32.9. The number of epoxide rings is 1. The van der Waals surface area contributed by atoms with Crippen molar-refractivity contribution in [3.63, 3.8) is 0 Å². The van der Waals surface area contributed by atoms with Crippen molar-refractivity contribution < 1.29 is 33.6 Å². The number of hydrogen-bond acceptors (Lipinski definition) is 7. The molecule has 286 valence electrons. The lowest BCUT2D eigenvalue weighted by Gasteiger charge is -2.72. The Balaban J connectivity index is 1.07. The fraction of sp³-hybridized carbons (Fsp3) is 0.951. The molecule has 0 bridgehead atoms. The number of aliphatic hydroxyl groups excluding tert-OH is 1. The molecule has 5 aliphatic carbocycles. The van der Waals surface area contributed by atoms with Gasteiger partial charge in [-0.05, 0) is 143 Å². The summed E-state index contributed by atoms with van der Waals surface area (Å²) in [4.78, 5) is 26.2. The number of aliphatic hydroxyl groups is 1. The number of fused-ring (bicyclic) bond motifs is 7. The summed E-state index contributed by atoms with van der Waals surface area (Å²) in [6.07, 6.45) is 10.4.